The van der Waals surface area contributed by atoms with Crippen molar-refractivity contribution in [2.24, 2.45) is 0 Å². The second kappa shape index (κ2) is 20.7. The van der Waals surface area contributed by atoms with Crippen LogP contribution < -0.4 is 0 Å². The van der Waals surface area contributed by atoms with E-state index in [-0.39, 0.29) is 108 Å². The van der Waals surface area contributed by atoms with Crippen molar-refractivity contribution >= 4 is 47.8 Å². The van der Waals surface area contributed by atoms with Crippen LogP contribution in [0, 0.1) is 0 Å². The third-order valence-electron chi connectivity index (χ3n) is 10.3. The smallest absolute Gasteiger partial charge is 0.307 e. The molecule has 21 heteroatoms. The molecule has 0 aliphatic rings. The maximum atomic E-state index is 12.3. The van der Waals surface area contributed by atoms with Crippen LogP contribution in [0.2, 0.25) is 0 Å². The number of carboxylic acid groups (broad SMARTS) is 8. The number of aliphatic hydroxyl groups is 1. The minimum atomic E-state index is -1.31. The number of aliphatic hydroxyl groups excluding tert-OH is 1. The lowest BCUT2D eigenvalue weighted by molar-refractivity contribution is -0.138. The Morgan fingerprint density at radius 2 is 0.656 bits per heavy atom. The van der Waals surface area contributed by atoms with E-state index in [1.807, 2.05) is 0 Å². The van der Waals surface area contributed by atoms with E-state index in [9.17, 15) is 84.3 Å². The van der Waals surface area contributed by atoms with Crippen LogP contribution in [-0.2, 0) is 116 Å². The van der Waals surface area contributed by atoms with E-state index < -0.39 is 99.3 Å². The minimum absolute atomic E-state index is 0.000760. The van der Waals surface area contributed by atoms with Crippen molar-refractivity contribution in [1.82, 2.24) is 19.9 Å². The SMILES string of the molecule is O=C(O)CCc1c[nH]c(Cc2[nH]c(Cc3[nH]c(Cc4[nH]c(CO)c(CC(=O)O)c4CCC(=O)O)c(CC(=O)O)c3CCC(=O)O)c(CC(=O)O)c2CCC(=O)O)c1CC(=O)O. The number of hydrogen-bond acceptors (Lipinski definition) is 9. The highest BCUT2D eigenvalue weighted by Gasteiger charge is 2.28. The van der Waals surface area contributed by atoms with Crippen molar-refractivity contribution in [3.63, 3.8) is 0 Å². The third-order valence-corrected chi connectivity index (χ3v) is 10.3. The molecule has 0 spiro atoms. The predicted octanol–water partition coefficient (Wildman–Crippen LogP) is 1.84. The Kier molecular flexibility index (Phi) is 15.8. The van der Waals surface area contributed by atoms with Gasteiger partial charge in [0, 0.05) is 91.0 Å². The predicted molar refractivity (Wildman–Crippen MR) is 207 cm³/mol. The molecule has 0 saturated carbocycles. The fourth-order valence-corrected chi connectivity index (χ4v) is 7.74. The molecule has 0 radical (unpaired) electrons. The van der Waals surface area contributed by atoms with Crippen LogP contribution >= 0.6 is 0 Å². The summed E-state index contributed by atoms with van der Waals surface area (Å²) >= 11 is 0. The van der Waals surface area contributed by atoms with Crippen molar-refractivity contribution in [2.45, 2.75) is 103 Å². The van der Waals surface area contributed by atoms with E-state index in [1.54, 1.807) is 0 Å². The highest BCUT2D eigenvalue weighted by Crippen LogP contribution is 2.33. The number of aromatic nitrogens is 4. The van der Waals surface area contributed by atoms with Crippen LogP contribution in [0.4, 0.5) is 0 Å². The summed E-state index contributed by atoms with van der Waals surface area (Å²) in [6.07, 6.45) is -3.49. The van der Waals surface area contributed by atoms with E-state index in [2.05, 4.69) is 19.9 Å². The molecule has 0 aromatic carbocycles. The van der Waals surface area contributed by atoms with Crippen molar-refractivity contribution < 1.29 is 84.3 Å². The molecule has 0 bridgehead atoms. The van der Waals surface area contributed by atoms with Crippen LogP contribution in [0.15, 0.2) is 6.20 Å². The number of carboxylic acids is 8. The molecule has 21 nitrogen and oxygen atoms in total. The van der Waals surface area contributed by atoms with Gasteiger partial charge in [-0.1, -0.05) is 0 Å². The van der Waals surface area contributed by atoms with E-state index >= 15 is 0 Å². The lowest BCUT2D eigenvalue weighted by Gasteiger charge is -2.09. The molecular weight excluding hydrogens is 808 g/mol. The van der Waals surface area contributed by atoms with Gasteiger partial charge in [-0.2, -0.15) is 0 Å². The Morgan fingerprint density at radius 3 is 1.00 bits per heavy atom. The van der Waals surface area contributed by atoms with Gasteiger partial charge in [-0.05, 0) is 70.2 Å². The molecule has 0 aliphatic heterocycles. The molecular formula is C40H46N4O17. The Bertz CT molecular complexity index is 2340. The molecule has 4 rings (SSSR count). The lowest BCUT2D eigenvalue weighted by Crippen LogP contribution is -2.09. The normalized spacial score (nSPS) is 11.2. The van der Waals surface area contributed by atoms with Gasteiger partial charge in [0.1, 0.15) is 0 Å². The third kappa shape index (κ3) is 12.7. The maximum Gasteiger partial charge on any atom is 0.307 e. The summed E-state index contributed by atoms with van der Waals surface area (Å²) in [7, 11) is 0. The molecule has 0 amide bonds. The average molecular weight is 855 g/mol. The number of rotatable bonds is 27. The van der Waals surface area contributed by atoms with E-state index in [4.69, 9.17) is 0 Å². The first-order valence-electron chi connectivity index (χ1n) is 18.9. The van der Waals surface area contributed by atoms with Crippen LogP contribution in [0.5, 0.6) is 0 Å². The monoisotopic (exact) mass is 854 g/mol. The second-order valence-corrected chi connectivity index (χ2v) is 14.4. The zero-order valence-corrected chi connectivity index (χ0v) is 32.7. The Hall–Kier alpha value is -7.16. The first-order chi connectivity index (χ1) is 28.8. The summed E-state index contributed by atoms with van der Waals surface area (Å²) in [4.78, 5) is 107. The zero-order valence-electron chi connectivity index (χ0n) is 32.7. The molecule has 0 atom stereocenters. The topological polar surface area (TPSA) is 382 Å². The fourth-order valence-electron chi connectivity index (χ4n) is 7.74. The number of nitrogens with one attached hydrogen (secondary N) is 4. The minimum Gasteiger partial charge on any atom is -0.481 e. The Morgan fingerprint density at radius 1 is 0.361 bits per heavy atom. The summed E-state index contributed by atoms with van der Waals surface area (Å²) in [5.41, 5.74) is 3.75. The van der Waals surface area contributed by atoms with E-state index in [1.165, 1.54) is 6.20 Å². The van der Waals surface area contributed by atoms with Gasteiger partial charge < -0.3 is 65.9 Å². The summed E-state index contributed by atoms with van der Waals surface area (Å²) in [6, 6.07) is 0. The van der Waals surface area contributed by atoms with Gasteiger partial charge in [-0.15, -0.1) is 0 Å². The molecule has 0 saturated heterocycles. The molecule has 0 unspecified atom stereocenters. The summed E-state index contributed by atoms with van der Waals surface area (Å²) in [6.45, 7) is -0.639. The van der Waals surface area contributed by atoms with Gasteiger partial charge in [-0.25, -0.2) is 0 Å². The van der Waals surface area contributed by atoms with Crippen LogP contribution in [-0.4, -0.2) is 114 Å². The van der Waals surface area contributed by atoms with Crippen LogP contribution in [0.25, 0.3) is 0 Å². The number of aromatic amines is 4. The van der Waals surface area contributed by atoms with Crippen LogP contribution in [0.3, 0.4) is 0 Å². The first kappa shape index (κ1) is 46.5. The number of aliphatic carboxylic acids is 8. The highest BCUT2D eigenvalue weighted by atomic mass is 16.4. The molecule has 4 aromatic heterocycles. The quantitative estimate of drug-likeness (QED) is 0.0407. The molecule has 4 aromatic rings. The van der Waals surface area contributed by atoms with Gasteiger partial charge in [0.05, 0.1) is 32.3 Å². The fraction of sp³-hybridized carbons (Fsp3) is 0.400. The van der Waals surface area contributed by atoms with Gasteiger partial charge in [0.25, 0.3) is 0 Å². The number of carbonyl (C=O) groups is 8. The Labute approximate surface area is 345 Å². The van der Waals surface area contributed by atoms with Gasteiger partial charge in [0.2, 0.25) is 0 Å². The summed E-state index contributed by atoms with van der Waals surface area (Å²) in [5, 5.41) is 87.4. The molecule has 13 N–H and O–H groups in total. The van der Waals surface area contributed by atoms with Gasteiger partial charge in [-0.3, -0.25) is 38.4 Å². The highest BCUT2D eigenvalue weighted by molar-refractivity contribution is 5.75. The van der Waals surface area contributed by atoms with Gasteiger partial charge in [0.15, 0.2) is 0 Å². The van der Waals surface area contributed by atoms with E-state index in [0.29, 0.717) is 28.1 Å². The lowest BCUT2D eigenvalue weighted by atomic mass is 9.94. The summed E-state index contributed by atoms with van der Waals surface area (Å²) < 4.78 is 0. The van der Waals surface area contributed by atoms with Gasteiger partial charge >= 0.3 is 47.8 Å². The molecule has 4 heterocycles. The number of H-pyrrole nitrogens is 4. The molecule has 61 heavy (non-hydrogen) atoms. The maximum absolute atomic E-state index is 12.3. The standard InChI is InChI=1S/C40H46N4O17/c45-17-32-25(12-40(60)61)21(4-8-36(52)53)29(44-32)15-31-24(11-39(58)59)20(3-7-35(50)51)28(43-31)14-30-23(10-38(56)57)19(2-6-34(48)49)27(42-30)13-26-22(9-37(54)55)18(16-41-26)1-5-33(46)47/h16,41-45H,1-15,17H2,(H,46,47)(H,48,49)(H,50,51)(H,52,53)(H,54,55)(H,56,57)(H,58,59)(H,60,61). The Balaban J connectivity index is 1.94. The summed E-state index contributed by atoms with van der Waals surface area (Å²) in [5.74, 6) is -9.82. The molecule has 0 fully saturated rings. The van der Waals surface area contributed by atoms with Crippen molar-refractivity contribution in [2.75, 3.05) is 0 Å². The van der Waals surface area contributed by atoms with Crippen molar-refractivity contribution in [3.8, 4) is 0 Å². The number of hydrogen-bond donors (Lipinski definition) is 13. The second-order valence-electron chi connectivity index (χ2n) is 14.4. The molecule has 328 valence electrons. The van der Waals surface area contributed by atoms with E-state index in [0.717, 1.165) is 0 Å². The van der Waals surface area contributed by atoms with Crippen molar-refractivity contribution in [1.29, 1.82) is 0 Å². The first-order valence-corrected chi connectivity index (χ1v) is 18.9. The number of aryl methyl sites for hydroxylation is 1. The average Bonchev–Trinajstić information content (AvgIpc) is 3.86. The largest absolute Gasteiger partial charge is 0.481 e. The molecule has 0 aliphatic carbocycles. The van der Waals surface area contributed by atoms with Crippen LogP contribution in [0.1, 0.15) is 110 Å². The van der Waals surface area contributed by atoms with Crippen molar-refractivity contribution in [3.05, 3.63) is 90.6 Å². The zero-order chi connectivity index (χ0) is 45.1.